The maximum absolute atomic E-state index is 10.7. The molecule has 0 aliphatic carbocycles. The fraction of sp³-hybridized carbons (Fsp3) is 0. The fourth-order valence-corrected chi connectivity index (χ4v) is 0.692. The minimum Gasteiger partial charge on any atom is -0.322 e. The van der Waals surface area contributed by atoms with E-state index < -0.39 is 16.2 Å². The number of carbonyl (C=O) groups excluding carboxylic acids is 1. The number of hydrogen-bond acceptors (Lipinski definition) is 4. The number of aldehydes is 1. The quantitative estimate of drug-likeness (QED) is 0.385. The molecule has 0 amide bonds. The SMILES string of the molecule is O=Cc1c[nH]c(=O)c([N+](=O)[O-])c1. The summed E-state index contributed by atoms with van der Waals surface area (Å²) in [5.74, 6) is 0. The van der Waals surface area contributed by atoms with Gasteiger partial charge in [-0.25, -0.2) is 0 Å². The second kappa shape index (κ2) is 2.95. The lowest BCUT2D eigenvalue weighted by Gasteiger charge is -1.90. The molecule has 1 aromatic heterocycles. The van der Waals surface area contributed by atoms with E-state index >= 15 is 0 Å². The topological polar surface area (TPSA) is 93.1 Å². The Bertz CT molecular complexity index is 381. The molecule has 1 rings (SSSR count). The van der Waals surface area contributed by atoms with E-state index in [0.717, 1.165) is 12.3 Å². The molecule has 0 radical (unpaired) electrons. The highest BCUT2D eigenvalue weighted by Crippen LogP contribution is 2.03. The lowest BCUT2D eigenvalue weighted by molar-refractivity contribution is -0.386. The molecule has 0 saturated carbocycles. The van der Waals surface area contributed by atoms with Gasteiger partial charge in [-0.05, 0) is 0 Å². The summed E-state index contributed by atoms with van der Waals surface area (Å²) in [7, 11) is 0. The third-order valence-corrected chi connectivity index (χ3v) is 1.24. The summed E-state index contributed by atoms with van der Waals surface area (Å²) in [6.45, 7) is 0. The van der Waals surface area contributed by atoms with Crippen molar-refractivity contribution in [2.24, 2.45) is 0 Å². The Hall–Kier alpha value is -1.98. The van der Waals surface area contributed by atoms with Crippen molar-refractivity contribution < 1.29 is 9.72 Å². The summed E-state index contributed by atoms with van der Waals surface area (Å²) >= 11 is 0. The summed E-state index contributed by atoms with van der Waals surface area (Å²) in [6, 6.07) is 0.922. The molecular weight excluding hydrogens is 164 g/mol. The van der Waals surface area contributed by atoms with Crippen LogP contribution in [0.2, 0.25) is 0 Å². The minimum absolute atomic E-state index is 0.0706. The number of nitrogens with one attached hydrogen (secondary N) is 1. The number of rotatable bonds is 2. The number of pyridine rings is 1. The molecule has 0 aromatic carbocycles. The molecule has 0 fully saturated rings. The first kappa shape index (κ1) is 8.12. The first-order valence-electron chi connectivity index (χ1n) is 2.97. The van der Waals surface area contributed by atoms with Crippen molar-refractivity contribution in [2.75, 3.05) is 0 Å². The van der Waals surface area contributed by atoms with Gasteiger partial charge in [-0.2, -0.15) is 0 Å². The summed E-state index contributed by atoms with van der Waals surface area (Å²) in [5, 5.41) is 10.2. The fourth-order valence-electron chi connectivity index (χ4n) is 0.692. The number of H-pyrrole nitrogens is 1. The zero-order valence-electron chi connectivity index (χ0n) is 5.81. The van der Waals surface area contributed by atoms with Crippen molar-refractivity contribution in [3.63, 3.8) is 0 Å². The highest BCUT2D eigenvalue weighted by atomic mass is 16.6. The summed E-state index contributed by atoms with van der Waals surface area (Å²) in [5.41, 5.74) is -1.37. The average Bonchev–Trinajstić information content (AvgIpc) is 2.05. The summed E-state index contributed by atoms with van der Waals surface area (Å²) < 4.78 is 0. The van der Waals surface area contributed by atoms with E-state index in [9.17, 15) is 19.7 Å². The lowest BCUT2D eigenvalue weighted by atomic mass is 10.3. The van der Waals surface area contributed by atoms with Crippen LogP contribution in [-0.4, -0.2) is 16.2 Å². The summed E-state index contributed by atoms with van der Waals surface area (Å²) in [4.78, 5) is 32.3. The van der Waals surface area contributed by atoms with Crippen LogP contribution in [0, 0.1) is 10.1 Å². The van der Waals surface area contributed by atoms with E-state index in [0.29, 0.717) is 6.29 Å². The Morgan fingerprint density at radius 3 is 2.75 bits per heavy atom. The van der Waals surface area contributed by atoms with E-state index in [2.05, 4.69) is 4.98 Å². The number of carbonyl (C=O) groups is 1. The molecule has 1 N–H and O–H groups in total. The van der Waals surface area contributed by atoms with E-state index in [4.69, 9.17) is 0 Å². The monoisotopic (exact) mass is 168 g/mol. The van der Waals surface area contributed by atoms with Crippen LogP contribution < -0.4 is 5.56 Å². The van der Waals surface area contributed by atoms with Gasteiger partial charge >= 0.3 is 11.2 Å². The third kappa shape index (κ3) is 1.36. The molecule has 0 atom stereocenters. The van der Waals surface area contributed by atoms with Crippen LogP contribution in [0.3, 0.4) is 0 Å². The standard InChI is InChI=1S/C6H4N2O4/c9-3-4-1-5(8(11)12)6(10)7-2-4/h1-3H,(H,7,10). The van der Waals surface area contributed by atoms with Crippen LogP contribution in [0.5, 0.6) is 0 Å². The molecule has 12 heavy (non-hydrogen) atoms. The molecule has 1 aromatic rings. The van der Waals surface area contributed by atoms with Gasteiger partial charge in [0.1, 0.15) is 0 Å². The van der Waals surface area contributed by atoms with E-state index in [1.165, 1.54) is 0 Å². The Labute approximate surface area is 66.0 Å². The molecule has 0 saturated heterocycles. The number of aromatic nitrogens is 1. The van der Waals surface area contributed by atoms with Crippen molar-refractivity contribution in [1.29, 1.82) is 0 Å². The number of nitro groups is 1. The predicted molar refractivity (Wildman–Crippen MR) is 39.1 cm³/mol. The molecule has 6 nitrogen and oxygen atoms in total. The normalized spacial score (nSPS) is 9.33. The Morgan fingerprint density at radius 2 is 2.25 bits per heavy atom. The molecule has 0 unspecified atom stereocenters. The number of hydrogen-bond donors (Lipinski definition) is 1. The number of aromatic amines is 1. The lowest BCUT2D eigenvalue weighted by Crippen LogP contribution is -2.11. The van der Waals surface area contributed by atoms with Crippen LogP contribution in [0.25, 0.3) is 0 Å². The predicted octanol–water partition coefficient (Wildman–Crippen LogP) is 0.0956. The first-order chi connectivity index (χ1) is 5.65. The minimum atomic E-state index is -0.841. The Kier molecular flexibility index (Phi) is 2.00. The van der Waals surface area contributed by atoms with E-state index in [1.807, 2.05) is 0 Å². The highest BCUT2D eigenvalue weighted by molar-refractivity contribution is 5.75. The van der Waals surface area contributed by atoms with Crippen molar-refractivity contribution in [2.45, 2.75) is 0 Å². The van der Waals surface area contributed by atoms with Crippen molar-refractivity contribution in [3.05, 3.63) is 38.3 Å². The van der Waals surface area contributed by atoms with E-state index in [-0.39, 0.29) is 5.56 Å². The van der Waals surface area contributed by atoms with Gasteiger partial charge in [0, 0.05) is 17.8 Å². The zero-order valence-corrected chi connectivity index (χ0v) is 5.81. The molecule has 0 spiro atoms. The maximum atomic E-state index is 10.7. The maximum Gasteiger partial charge on any atom is 0.334 e. The van der Waals surface area contributed by atoms with Crippen molar-refractivity contribution >= 4 is 12.0 Å². The average molecular weight is 168 g/mol. The molecular formula is C6H4N2O4. The van der Waals surface area contributed by atoms with Gasteiger partial charge < -0.3 is 4.98 Å². The molecule has 6 heteroatoms. The van der Waals surface area contributed by atoms with Gasteiger partial charge in [-0.3, -0.25) is 19.7 Å². The van der Waals surface area contributed by atoms with Crippen LogP contribution in [0.4, 0.5) is 5.69 Å². The van der Waals surface area contributed by atoms with Crippen molar-refractivity contribution in [3.8, 4) is 0 Å². The largest absolute Gasteiger partial charge is 0.334 e. The Balaban J connectivity index is 3.36. The Morgan fingerprint density at radius 1 is 1.58 bits per heavy atom. The number of nitrogens with zero attached hydrogens (tertiary/aromatic N) is 1. The van der Waals surface area contributed by atoms with Crippen LogP contribution in [-0.2, 0) is 0 Å². The van der Waals surface area contributed by atoms with Crippen LogP contribution >= 0.6 is 0 Å². The molecule has 62 valence electrons. The van der Waals surface area contributed by atoms with Gasteiger partial charge in [0.2, 0.25) is 0 Å². The first-order valence-corrected chi connectivity index (χ1v) is 2.97. The van der Waals surface area contributed by atoms with Gasteiger partial charge in [-0.15, -0.1) is 0 Å². The van der Waals surface area contributed by atoms with Crippen LogP contribution in [0.15, 0.2) is 17.1 Å². The third-order valence-electron chi connectivity index (χ3n) is 1.24. The second-order valence-corrected chi connectivity index (χ2v) is 2.02. The summed E-state index contributed by atoms with van der Waals surface area (Å²) in [6.07, 6.45) is 1.53. The zero-order chi connectivity index (χ0) is 9.14. The molecule has 0 aliphatic rings. The highest BCUT2D eigenvalue weighted by Gasteiger charge is 2.11. The van der Waals surface area contributed by atoms with Gasteiger partial charge in [0.25, 0.3) is 0 Å². The van der Waals surface area contributed by atoms with Crippen LogP contribution in [0.1, 0.15) is 10.4 Å². The van der Waals surface area contributed by atoms with E-state index in [1.54, 1.807) is 0 Å². The van der Waals surface area contributed by atoms with Gasteiger partial charge in [-0.1, -0.05) is 0 Å². The van der Waals surface area contributed by atoms with Crippen molar-refractivity contribution in [1.82, 2.24) is 4.98 Å². The molecule has 0 aliphatic heterocycles. The molecule has 0 bridgehead atoms. The van der Waals surface area contributed by atoms with Gasteiger partial charge in [0.05, 0.1) is 4.92 Å². The van der Waals surface area contributed by atoms with Gasteiger partial charge in [0.15, 0.2) is 6.29 Å². The second-order valence-electron chi connectivity index (χ2n) is 2.02. The smallest absolute Gasteiger partial charge is 0.322 e. The molecule has 1 heterocycles.